The van der Waals surface area contributed by atoms with Gasteiger partial charge in [0, 0.05) is 25.2 Å². The lowest BCUT2D eigenvalue weighted by atomic mass is 9.92. The molecular weight excluding hydrogens is 828 g/mol. The first-order chi connectivity index (χ1) is 29.3. The molecule has 0 aliphatic rings. The molecule has 0 heterocycles. The number of nitrogens with one attached hydrogen (secondary N) is 5. The van der Waals surface area contributed by atoms with Gasteiger partial charge in [-0.05, 0) is 56.9 Å². The number of carboxylic acids is 3. The molecule has 9 unspecified atom stereocenters. The fourth-order valence-electron chi connectivity index (χ4n) is 6.28. The average molecular weight is 893 g/mol. The van der Waals surface area contributed by atoms with Gasteiger partial charge in [-0.2, -0.15) is 0 Å². The summed E-state index contributed by atoms with van der Waals surface area (Å²) in [4.78, 5) is 127. The number of aliphatic hydroxyl groups excluding tert-OH is 1. The Kier molecular flexibility index (Phi) is 22.9. The first kappa shape index (κ1) is 54.9. The van der Waals surface area contributed by atoms with Gasteiger partial charge < -0.3 is 58.5 Å². The first-order valence-electron chi connectivity index (χ1n) is 20.5. The number of aliphatic hydroxyl groups is 1. The van der Waals surface area contributed by atoms with Crippen LogP contribution in [-0.2, 0) is 49.6 Å². The van der Waals surface area contributed by atoms with E-state index >= 15 is 0 Å². The molecule has 1 aromatic rings. The number of aliphatic carboxylic acids is 3. The molecule has 0 fully saturated rings. The van der Waals surface area contributed by atoms with E-state index in [1.807, 2.05) is 0 Å². The summed E-state index contributed by atoms with van der Waals surface area (Å²) in [6.45, 7) is 10.6. The van der Waals surface area contributed by atoms with Gasteiger partial charge in [0.2, 0.25) is 29.5 Å². The van der Waals surface area contributed by atoms with E-state index in [0.29, 0.717) is 10.5 Å². The molecule has 352 valence electrons. The minimum Gasteiger partial charge on any atom is -0.481 e. The van der Waals surface area contributed by atoms with E-state index in [1.165, 1.54) is 20.8 Å². The van der Waals surface area contributed by atoms with E-state index in [2.05, 4.69) is 26.6 Å². The highest BCUT2D eigenvalue weighted by Gasteiger charge is 2.39. The Labute approximate surface area is 365 Å². The second-order valence-electron chi connectivity index (χ2n) is 16.3. The first-order valence-corrected chi connectivity index (χ1v) is 20.5. The summed E-state index contributed by atoms with van der Waals surface area (Å²) in [5.74, 6) is -11.0. The Bertz CT molecular complexity index is 1780. The minimum absolute atomic E-state index is 0.0978. The van der Waals surface area contributed by atoms with Crippen molar-refractivity contribution in [2.45, 2.75) is 142 Å². The number of imide groups is 1. The molecule has 0 aliphatic heterocycles. The molecule has 1 rings (SSSR count). The Hall–Kier alpha value is -6.16. The second kappa shape index (κ2) is 26.3. The molecule has 22 heteroatoms. The number of hydrogen-bond donors (Lipinski definition) is 11. The van der Waals surface area contributed by atoms with Crippen LogP contribution in [0.3, 0.4) is 0 Å². The summed E-state index contributed by atoms with van der Waals surface area (Å²) >= 11 is 0. The van der Waals surface area contributed by atoms with Crippen molar-refractivity contribution >= 4 is 59.4 Å². The molecule has 0 radical (unpaired) electrons. The van der Waals surface area contributed by atoms with Gasteiger partial charge in [-0.25, -0.2) is 9.59 Å². The monoisotopic (exact) mass is 892 g/mol. The van der Waals surface area contributed by atoms with Crippen LogP contribution in [0.4, 0.5) is 4.79 Å². The van der Waals surface area contributed by atoms with E-state index in [4.69, 9.17) is 16.6 Å². The summed E-state index contributed by atoms with van der Waals surface area (Å²) in [5.41, 5.74) is 11.9. The van der Waals surface area contributed by atoms with Crippen LogP contribution in [-0.4, -0.2) is 133 Å². The minimum atomic E-state index is -1.57. The lowest BCUT2D eigenvalue weighted by molar-refractivity contribution is -0.143. The highest BCUT2D eigenvalue weighted by Crippen LogP contribution is 2.18. The number of carboxylic acid groups (broad SMARTS) is 3. The van der Waals surface area contributed by atoms with Gasteiger partial charge in [0.25, 0.3) is 5.91 Å². The number of primary amides is 1. The van der Waals surface area contributed by atoms with E-state index in [0.717, 1.165) is 0 Å². The fraction of sp³-hybridized carbons (Fsp3) is 0.610. The van der Waals surface area contributed by atoms with E-state index in [1.54, 1.807) is 58.0 Å². The van der Waals surface area contributed by atoms with Crippen LogP contribution in [0, 0.1) is 17.8 Å². The molecule has 0 aromatic heterocycles. The third-order valence-electron chi connectivity index (χ3n) is 9.97. The molecule has 0 spiro atoms. The highest BCUT2D eigenvalue weighted by molar-refractivity contribution is 6.02. The summed E-state index contributed by atoms with van der Waals surface area (Å²) < 4.78 is 0. The molecule has 0 saturated carbocycles. The standard InChI is InChI=1S/C41H64N8O14/c1-20(2)17-28(46-36(57)24(7)49(41(43)63)39(60)33(21(3)4)48-37(58)26(42)13-15-31(51)52)30(50)18-22(5)34(55)44-23(6)35(56)45-27(14-16-32(53)54)38(59)47-29(40(61)62)19-25-11-9-8-10-12-25/h8-12,20-24,26-30,33,50H,13-19,42H2,1-7H3,(H2,43,63)(H,44,55)(H,45,56)(H,46,57)(H,47,59)(H,48,58)(H,51,52)(H,53,54)(H,61,62). The molecular formula is C41H64N8O14. The van der Waals surface area contributed by atoms with Gasteiger partial charge in [0.05, 0.1) is 18.2 Å². The predicted octanol–water partition coefficient (Wildman–Crippen LogP) is -0.801. The Morgan fingerprint density at radius 1 is 0.651 bits per heavy atom. The number of hydrogen-bond acceptors (Lipinski definition) is 12. The van der Waals surface area contributed by atoms with E-state index in [9.17, 15) is 63.3 Å². The van der Waals surface area contributed by atoms with Gasteiger partial charge in [0.1, 0.15) is 30.2 Å². The lowest BCUT2D eigenvalue weighted by Crippen LogP contribution is -2.61. The number of carbonyl (C=O) groups is 10. The number of amides is 8. The topological polar surface area (TPSA) is 367 Å². The number of nitrogens with zero attached hydrogens (tertiary/aromatic N) is 1. The van der Waals surface area contributed by atoms with Crippen LogP contribution >= 0.6 is 0 Å². The molecule has 63 heavy (non-hydrogen) atoms. The SMILES string of the molecule is CC(C)CC(NC(=O)C(C)N(C(N)=O)C(=O)C(NC(=O)C(N)CCC(=O)O)C(C)C)C(O)CC(C)C(=O)NC(C)C(=O)NC(CCC(=O)O)C(=O)NC(Cc1ccccc1)C(=O)O. The maximum atomic E-state index is 13.6. The molecule has 0 saturated heterocycles. The third kappa shape index (κ3) is 19.2. The summed E-state index contributed by atoms with van der Waals surface area (Å²) in [6.07, 6.45) is -3.23. The zero-order valence-corrected chi connectivity index (χ0v) is 36.7. The molecule has 13 N–H and O–H groups in total. The van der Waals surface area contributed by atoms with Gasteiger partial charge >= 0.3 is 23.9 Å². The number of urea groups is 1. The van der Waals surface area contributed by atoms with E-state index < -0.39 is 139 Å². The van der Waals surface area contributed by atoms with Crippen LogP contribution in [0.2, 0.25) is 0 Å². The molecule has 1 aromatic carbocycles. The van der Waals surface area contributed by atoms with Crippen molar-refractivity contribution < 1.29 is 68.4 Å². The van der Waals surface area contributed by atoms with Crippen molar-refractivity contribution in [3.05, 3.63) is 35.9 Å². The summed E-state index contributed by atoms with van der Waals surface area (Å²) in [5, 5.41) is 51.4. The van der Waals surface area contributed by atoms with Gasteiger partial charge in [0.15, 0.2) is 0 Å². The molecule has 0 aliphatic carbocycles. The predicted molar refractivity (Wildman–Crippen MR) is 225 cm³/mol. The average Bonchev–Trinajstić information content (AvgIpc) is 3.19. The number of benzene rings is 1. The zero-order valence-electron chi connectivity index (χ0n) is 36.7. The van der Waals surface area contributed by atoms with Crippen LogP contribution in [0.15, 0.2) is 30.3 Å². The Morgan fingerprint density at radius 3 is 1.71 bits per heavy atom. The molecule has 0 bridgehead atoms. The number of carbonyl (C=O) groups excluding carboxylic acids is 7. The van der Waals surface area contributed by atoms with Gasteiger partial charge in [-0.15, -0.1) is 0 Å². The van der Waals surface area contributed by atoms with Crippen molar-refractivity contribution in [3.63, 3.8) is 0 Å². The highest BCUT2D eigenvalue weighted by atomic mass is 16.4. The van der Waals surface area contributed by atoms with E-state index in [-0.39, 0.29) is 31.6 Å². The fourth-order valence-corrected chi connectivity index (χ4v) is 6.28. The van der Waals surface area contributed by atoms with Crippen LogP contribution in [0.5, 0.6) is 0 Å². The maximum Gasteiger partial charge on any atom is 0.326 e. The van der Waals surface area contributed by atoms with Crippen molar-refractivity contribution in [1.29, 1.82) is 0 Å². The molecule has 22 nitrogen and oxygen atoms in total. The number of nitrogens with two attached hydrogens (primary N) is 2. The van der Waals surface area contributed by atoms with Gasteiger partial charge in [-0.1, -0.05) is 65.0 Å². The van der Waals surface area contributed by atoms with Crippen LogP contribution in [0.25, 0.3) is 0 Å². The summed E-state index contributed by atoms with van der Waals surface area (Å²) in [6, 6.07) is -2.45. The lowest BCUT2D eigenvalue weighted by Gasteiger charge is -2.33. The Balaban J connectivity index is 3.08. The van der Waals surface area contributed by atoms with Crippen LogP contribution in [0.1, 0.15) is 92.6 Å². The smallest absolute Gasteiger partial charge is 0.326 e. The zero-order chi connectivity index (χ0) is 48.3. The molecule has 8 amide bonds. The summed E-state index contributed by atoms with van der Waals surface area (Å²) in [7, 11) is 0. The van der Waals surface area contributed by atoms with Gasteiger partial charge in [-0.3, -0.25) is 43.3 Å². The van der Waals surface area contributed by atoms with Crippen molar-refractivity contribution in [1.82, 2.24) is 31.5 Å². The quantitative estimate of drug-likeness (QED) is 0.0515. The third-order valence-corrected chi connectivity index (χ3v) is 9.97. The normalized spacial score (nSPS) is 15.5. The maximum absolute atomic E-state index is 13.6. The Morgan fingerprint density at radius 2 is 1.21 bits per heavy atom. The van der Waals surface area contributed by atoms with Crippen molar-refractivity contribution in [3.8, 4) is 0 Å². The second-order valence-corrected chi connectivity index (χ2v) is 16.3. The van der Waals surface area contributed by atoms with Crippen LogP contribution < -0.4 is 38.1 Å². The number of rotatable bonds is 27. The van der Waals surface area contributed by atoms with Crippen molar-refractivity contribution in [2.75, 3.05) is 0 Å². The largest absolute Gasteiger partial charge is 0.481 e. The van der Waals surface area contributed by atoms with Crippen molar-refractivity contribution in [2.24, 2.45) is 29.2 Å². The molecule has 9 atom stereocenters.